The molecule has 2 amide bonds. The van der Waals surface area contributed by atoms with Gasteiger partial charge in [0.25, 0.3) is 0 Å². The van der Waals surface area contributed by atoms with Crippen molar-refractivity contribution < 1.29 is 9.59 Å². The van der Waals surface area contributed by atoms with E-state index in [1.54, 1.807) is 11.1 Å². The topological polar surface area (TPSA) is 128 Å². The number of fused-ring (bicyclic) bond motifs is 1. The van der Waals surface area contributed by atoms with Crippen LogP contribution in [-0.2, 0) is 16.1 Å². The lowest BCUT2D eigenvalue weighted by atomic mass is 10.1. The molecule has 0 bridgehead atoms. The van der Waals surface area contributed by atoms with Crippen molar-refractivity contribution >= 4 is 34.1 Å². The van der Waals surface area contributed by atoms with Gasteiger partial charge in [-0.2, -0.15) is 0 Å². The Balaban J connectivity index is 1.91. The summed E-state index contributed by atoms with van der Waals surface area (Å²) in [5, 5.41) is 1.70. The van der Waals surface area contributed by atoms with Crippen LogP contribution < -0.4 is 17.2 Å². The third kappa shape index (κ3) is 2.30. The second kappa shape index (κ2) is 5.18. The number of carbonyl (C=O) groups is 2. The number of anilines is 2. The molecule has 1 aliphatic rings. The Hall–Kier alpha value is -2.83. The van der Waals surface area contributed by atoms with Crippen LogP contribution in [0.2, 0.25) is 0 Å². The molecule has 0 spiro atoms. The number of likely N-dealkylation sites (tertiary alicyclic amines) is 1. The van der Waals surface area contributed by atoms with Crippen molar-refractivity contribution in [2.75, 3.05) is 18.0 Å². The van der Waals surface area contributed by atoms with Crippen molar-refractivity contribution in [1.82, 2.24) is 9.88 Å². The number of carbonyl (C=O) groups excluding carboxylic acids is 2. The SMILES string of the molecule is NC(=O)C1CCN(Cc2cc3c(N)nccc3cc2N)C1=O. The van der Waals surface area contributed by atoms with Gasteiger partial charge in [-0.25, -0.2) is 4.98 Å². The molecule has 1 fully saturated rings. The highest BCUT2D eigenvalue weighted by atomic mass is 16.2. The van der Waals surface area contributed by atoms with Crippen LogP contribution in [0.1, 0.15) is 12.0 Å². The maximum absolute atomic E-state index is 12.1. The Kier molecular flexibility index (Phi) is 3.32. The van der Waals surface area contributed by atoms with Gasteiger partial charge in [0.15, 0.2) is 0 Å². The van der Waals surface area contributed by atoms with E-state index in [0.717, 1.165) is 16.3 Å². The fourth-order valence-electron chi connectivity index (χ4n) is 2.81. The van der Waals surface area contributed by atoms with Gasteiger partial charge in [0.05, 0.1) is 0 Å². The van der Waals surface area contributed by atoms with Crippen LogP contribution in [0.5, 0.6) is 0 Å². The number of primary amides is 1. The van der Waals surface area contributed by atoms with Crippen LogP contribution in [0.3, 0.4) is 0 Å². The number of rotatable bonds is 3. The smallest absolute Gasteiger partial charge is 0.235 e. The molecule has 3 rings (SSSR count). The summed E-state index contributed by atoms with van der Waals surface area (Å²) in [6.07, 6.45) is 2.07. The molecule has 0 aliphatic carbocycles. The monoisotopic (exact) mass is 299 g/mol. The quantitative estimate of drug-likeness (QED) is 0.552. The summed E-state index contributed by atoms with van der Waals surface area (Å²) in [6.45, 7) is 0.825. The lowest BCUT2D eigenvalue weighted by molar-refractivity contribution is -0.136. The Morgan fingerprint density at radius 2 is 2.14 bits per heavy atom. The van der Waals surface area contributed by atoms with Gasteiger partial charge in [-0.15, -0.1) is 0 Å². The van der Waals surface area contributed by atoms with Gasteiger partial charge in [0.2, 0.25) is 11.8 Å². The fraction of sp³-hybridized carbons (Fsp3) is 0.267. The first-order chi connectivity index (χ1) is 10.5. The van der Waals surface area contributed by atoms with E-state index in [2.05, 4.69) is 4.98 Å². The molecular weight excluding hydrogens is 282 g/mol. The standard InChI is InChI=1S/C15H17N5O2/c16-12-6-8-1-3-19-13(17)11(8)5-9(12)7-20-4-2-10(14(18)21)15(20)22/h1,3,5-6,10H,2,4,7,16H2,(H2,17,19)(H2,18,21). The Bertz CT molecular complexity index is 774. The number of nitrogens with zero attached hydrogens (tertiary/aromatic N) is 2. The summed E-state index contributed by atoms with van der Waals surface area (Å²) in [7, 11) is 0. The summed E-state index contributed by atoms with van der Waals surface area (Å²) in [5.41, 5.74) is 18.5. The van der Waals surface area contributed by atoms with Gasteiger partial charge in [-0.05, 0) is 35.6 Å². The van der Waals surface area contributed by atoms with E-state index in [4.69, 9.17) is 17.2 Å². The molecule has 0 saturated carbocycles. The van der Waals surface area contributed by atoms with Crippen molar-refractivity contribution in [2.24, 2.45) is 11.7 Å². The fourth-order valence-corrected chi connectivity index (χ4v) is 2.81. The van der Waals surface area contributed by atoms with Crippen molar-refractivity contribution in [3.05, 3.63) is 30.0 Å². The van der Waals surface area contributed by atoms with Crippen LogP contribution >= 0.6 is 0 Å². The number of pyridine rings is 1. The highest BCUT2D eigenvalue weighted by Crippen LogP contribution is 2.28. The van der Waals surface area contributed by atoms with Crippen LogP contribution in [0.4, 0.5) is 11.5 Å². The first-order valence-corrected chi connectivity index (χ1v) is 6.98. The molecular formula is C15H17N5O2. The van der Waals surface area contributed by atoms with Crippen LogP contribution in [0.25, 0.3) is 10.8 Å². The van der Waals surface area contributed by atoms with Gasteiger partial charge in [-0.1, -0.05) is 0 Å². The van der Waals surface area contributed by atoms with E-state index in [1.807, 2.05) is 18.2 Å². The molecule has 1 unspecified atom stereocenters. The highest BCUT2D eigenvalue weighted by Gasteiger charge is 2.35. The molecule has 114 valence electrons. The molecule has 1 aliphatic heterocycles. The van der Waals surface area contributed by atoms with Gasteiger partial charge in [0, 0.05) is 30.4 Å². The van der Waals surface area contributed by atoms with Crippen LogP contribution in [-0.4, -0.2) is 28.2 Å². The van der Waals surface area contributed by atoms with Crippen molar-refractivity contribution in [3.8, 4) is 0 Å². The minimum atomic E-state index is -0.728. The number of aromatic nitrogens is 1. The number of hydrogen-bond acceptors (Lipinski definition) is 5. The van der Waals surface area contributed by atoms with Gasteiger partial charge >= 0.3 is 0 Å². The molecule has 7 nitrogen and oxygen atoms in total. The lowest BCUT2D eigenvalue weighted by Gasteiger charge is -2.18. The van der Waals surface area contributed by atoms with Crippen molar-refractivity contribution in [3.63, 3.8) is 0 Å². The third-order valence-electron chi connectivity index (χ3n) is 4.06. The molecule has 6 N–H and O–H groups in total. The first kappa shape index (κ1) is 14.1. The molecule has 7 heteroatoms. The van der Waals surface area contributed by atoms with E-state index in [-0.39, 0.29) is 5.91 Å². The predicted molar refractivity (Wildman–Crippen MR) is 83.3 cm³/mol. The number of hydrogen-bond donors (Lipinski definition) is 3. The van der Waals surface area contributed by atoms with E-state index in [9.17, 15) is 9.59 Å². The predicted octanol–water partition coefficient (Wildman–Crippen LogP) is 0.233. The minimum absolute atomic E-state index is 0.244. The molecule has 2 heterocycles. The largest absolute Gasteiger partial charge is 0.398 e. The average Bonchev–Trinajstić information content (AvgIpc) is 2.82. The van der Waals surface area contributed by atoms with E-state index in [1.165, 1.54) is 0 Å². The van der Waals surface area contributed by atoms with Gasteiger partial charge < -0.3 is 22.1 Å². The zero-order valence-corrected chi connectivity index (χ0v) is 12.0. The Morgan fingerprint density at radius 3 is 2.82 bits per heavy atom. The molecule has 1 aromatic heterocycles. The second-order valence-corrected chi connectivity index (χ2v) is 5.47. The number of nitrogens with two attached hydrogens (primary N) is 3. The molecule has 22 heavy (non-hydrogen) atoms. The summed E-state index contributed by atoms with van der Waals surface area (Å²) in [4.78, 5) is 29.0. The third-order valence-corrected chi connectivity index (χ3v) is 4.06. The average molecular weight is 299 g/mol. The summed E-state index contributed by atoms with van der Waals surface area (Å²) in [5.74, 6) is -1.13. The summed E-state index contributed by atoms with van der Waals surface area (Å²) >= 11 is 0. The molecule has 0 radical (unpaired) electrons. The molecule has 1 aromatic carbocycles. The van der Waals surface area contributed by atoms with Gasteiger partial charge in [0.1, 0.15) is 11.7 Å². The maximum Gasteiger partial charge on any atom is 0.235 e. The first-order valence-electron chi connectivity index (χ1n) is 6.98. The van der Waals surface area contributed by atoms with Crippen molar-refractivity contribution in [1.29, 1.82) is 0 Å². The normalized spacial score (nSPS) is 18.1. The number of benzene rings is 1. The zero-order chi connectivity index (χ0) is 15.9. The molecule has 1 atom stereocenters. The van der Waals surface area contributed by atoms with Crippen LogP contribution in [0.15, 0.2) is 24.4 Å². The van der Waals surface area contributed by atoms with Gasteiger partial charge in [-0.3, -0.25) is 9.59 Å². The molecule has 1 saturated heterocycles. The second-order valence-electron chi connectivity index (χ2n) is 5.47. The van der Waals surface area contributed by atoms with E-state index >= 15 is 0 Å². The maximum atomic E-state index is 12.1. The van der Waals surface area contributed by atoms with E-state index in [0.29, 0.717) is 31.0 Å². The zero-order valence-electron chi connectivity index (χ0n) is 12.0. The van der Waals surface area contributed by atoms with Crippen LogP contribution in [0, 0.1) is 5.92 Å². The Morgan fingerprint density at radius 1 is 1.36 bits per heavy atom. The Labute approximate surface area is 127 Å². The lowest BCUT2D eigenvalue weighted by Crippen LogP contribution is -2.33. The number of nitrogen functional groups attached to an aromatic ring is 2. The summed E-state index contributed by atoms with van der Waals surface area (Å²) < 4.78 is 0. The van der Waals surface area contributed by atoms with E-state index < -0.39 is 11.8 Å². The highest BCUT2D eigenvalue weighted by molar-refractivity contribution is 6.01. The summed E-state index contributed by atoms with van der Waals surface area (Å²) in [6, 6.07) is 5.49. The van der Waals surface area contributed by atoms with Crippen molar-refractivity contribution in [2.45, 2.75) is 13.0 Å². The number of amides is 2. The molecule has 2 aromatic rings. The minimum Gasteiger partial charge on any atom is -0.398 e.